The first-order valence-electron chi connectivity index (χ1n) is 18.5. The second kappa shape index (κ2) is 37.0. The summed E-state index contributed by atoms with van der Waals surface area (Å²) in [7, 11) is -1.92. The van der Waals surface area contributed by atoms with Crippen LogP contribution in [0.2, 0.25) is 0 Å². The van der Waals surface area contributed by atoms with Crippen molar-refractivity contribution in [1.29, 1.82) is 0 Å². The van der Waals surface area contributed by atoms with Gasteiger partial charge in [0.05, 0.1) is 0 Å². The fraction of sp³-hybridized carbons (Fsp3) is 1.00. The Morgan fingerprint density at radius 1 is 0.325 bits per heavy atom. The fourth-order valence-corrected chi connectivity index (χ4v) is 6.25. The Morgan fingerprint density at radius 2 is 0.500 bits per heavy atom. The molecule has 0 spiro atoms. The van der Waals surface area contributed by atoms with Crippen LogP contribution in [0, 0.1) is 0 Å². The van der Waals surface area contributed by atoms with Crippen molar-refractivity contribution in [3.8, 4) is 0 Å². The van der Waals surface area contributed by atoms with Crippen LogP contribution >= 0.6 is 8.25 Å². The molecule has 3 nitrogen and oxygen atoms in total. The van der Waals surface area contributed by atoms with Gasteiger partial charge in [0.15, 0.2) is 0 Å². The van der Waals surface area contributed by atoms with E-state index in [1.165, 1.54) is 193 Å². The second-order valence-electron chi connectivity index (χ2n) is 12.5. The number of hydrogen-bond donors (Lipinski definition) is 0. The van der Waals surface area contributed by atoms with Gasteiger partial charge in [-0.1, -0.05) is 206 Å². The van der Waals surface area contributed by atoms with E-state index in [0.29, 0.717) is 13.2 Å². The highest BCUT2D eigenvalue weighted by Gasteiger charge is 2.18. The summed E-state index contributed by atoms with van der Waals surface area (Å²) in [5.41, 5.74) is 0. The largest absolute Gasteiger partial charge is 1.00 e. The molecule has 0 unspecified atom stereocenters. The summed E-state index contributed by atoms with van der Waals surface area (Å²) in [6.07, 6.45) is 43.6. The van der Waals surface area contributed by atoms with E-state index in [4.69, 9.17) is 9.05 Å². The van der Waals surface area contributed by atoms with Crippen molar-refractivity contribution in [3.05, 3.63) is 0 Å². The first-order chi connectivity index (χ1) is 19.8. The summed E-state index contributed by atoms with van der Waals surface area (Å²) in [4.78, 5) is 0. The molecule has 0 heterocycles. The molecule has 0 saturated carbocycles. The normalized spacial score (nSPS) is 11.4. The van der Waals surface area contributed by atoms with Gasteiger partial charge in [-0.15, -0.1) is 9.05 Å². The molecule has 0 fully saturated rings. The van der Waals surface area contributed by atoms with Crippen molar-refractivity contribution in [3.63, 3.8) is 0 Å². The SMILES string of the molecule is CCCCCCCCCCCCCCCCCCO[P+](=O)OCCCCCCCCCCCCCCCCCC.[H+]. The lowest BCUT2D eigenvalue weighted by Gasteiger charge is -2.03. The number of unbranched alkanes of at least 4 members (excludes halogenated alkanes) is 30. The lowest BCUT2D eigenvalue weighted by atomic mass is 10.0. The van der Waals surface area contributed by atoms with Gasteiger partial charge in [0.2, 0.25) is 0 Å². The molecule has 0 aromatic heterocycles. The molecule has 0 aromatic rings. The molecule has 0 aliphatic rings. The fourth-order valence-electron chi connectivity index (χ4n) is 5.62. The quantitative estimate of drug-likeness (QED) is 0.0541. The van der Waals surface area contributed by atoms with E-state index in [-0.39, 0.29) is 1.43 Å². The summed E-state index contributed by atoms with van der Waals surface area (Å²) < 4.78 is 22.6. The Bertz CT molecular complexity index is 438. The smallest absolute Gasteiger partial charge is 0.119 e. The predicted molar refractivity (Wildman–Crippen MR) is 180 cm³/mol. The van der Waals surface area contributed by atoms with Crippen molar-refractivity contribution in [1.82, 2.24) is 0 Å². The molecule has 0 saturated heterocycles. The molecule has 4 heteroatoms. The van der Waals surface area contributed by atoms with Crippen LogP contribution in [0.25, 0.3) is 0 Å². The molecule has 0 atom stereocenters. The van der Waals surface area contributed by atoms with Gasteiger partial charge in [-0.25, -0.2) is 0 Å². The molecular formula is C36H75O3P+2. The summed E-state index contributed by atoms with van der Waals surface area (Å²) in [5.74, 6) is 0. The van der Waals surface area contributed by atoms with Gasteiger partial charge in [-0.2, -0.15) is 0 Å². The first kappa shape index (κ1) is 40.0. The third kappa shape index (κ3) is 36.0. The molecule has 0 N–H and O–H groups in total. The molecule has 240 valence electrons. The third-order valence-corrected chi connectivity index (χ3v) is 9.18. The van der Waals surface area contributed by atoms with Gasteiger partial charge in [0.1, 0.15) is 13.2 Å². The lowest BCUT2D eigenvalue weighted by molar-refractivity contribution is 0.218. The Labute approximate surface area is 255 Å². The maximum absolute atomic E-state index is 11.9. The highest BCUT2D eigenvalue weighted by Crippen LogP contribution is 2.25. The maximum atomic E-state index is 11.9. The lowest BCUT2D eigenvalue weighted by Crippen LogP contribution is -1.92. The van der Waals surface area contributed by atoms with Crippen LogP contribution in [0.5, 0.6) is 0 Å². The van der Waals surface area contributed by atoms with E-state index in [2.05, 4.69) is 13.8 Å². The molecule has 0 radical (unpaired) electrons. The van der Waals surface area contributed by atoms with Crippen LogP contribution in [0.4, 0.5) is 0 Å². The summed E-state index contributed by atoms with van der Waals surface area (Å²) >= 11 is 0. The van der Waals surface area contributed by atoms with Gasteiger partial charge >= 0.3 is 9.68 Å². The van der Waals surface area contributed by atoms with Crippen LogP contribution in [0.1, 0.15) is 221 Å². The Balaban J connectivity index is 0. The average Bonchev–Trinajstić information content (AvgIpc) is 2.96. The maximum Gasteiger partial charge on any atom is 1.00 e. The second-order valence-corrected chi connectivity index (χ2v) is 13.5. The number of rotatable bonds is 36. The van der Waals surface area contributed by atoms with Gasteiger partial charge in [-0.05, 0) is 12.8 Å². The van der Waals surface area contributed by atoms with E-state index in [1.54, 1.807) is 0 Å². The van der Waals surface area contributed by atoms with E-state index < -0.39 is 8.25 Å². The molecule has 0 aliphatic heterocycles. The van der Waals surface area contributed by atoms with Crippen molar-refractivity contribution < 1.29 is 15.0 Å². The summed E-state index contributed by atoms with van der Waals surface area (Å²) in [6, 6.07) is 0. The van der Waals surface area contributed by atoms with Crippen LogP contribution in [0.15, 0.2) is 0 Å². The highest BCUT2D eigenvalue weighted by molar-refractivity contribution is 7.33. The Kier molecular flexibility index (Phi) is 37.1. The van der Waals surface area contributed by atoms with Crippen LogP contribution in [-0.2, 0) is 13.6 Å². The molecule has 0 bridgehead atoms. The summed E-state index contributed by atoms with van der Waals surface area (Å²) in [5, 5.41) is 0. The standard InChI is InChI=1S/C36H74O3P/c1-3-5-7-9-11-13-15-17-19-21-23-25-27-29-31-33-35-38-40(37)39-36-34-32-30-28-26-24-22-20-18-16-14-12-10-8-6-4-2/h3-36H2,1-2H3/q+1/p+1. The highest BCUT2D eigenvalue weighted by atomic mass is 31.1. The third-order valence-electron chi connectivity index (χ3n) is 8.39. The van der Waals surface area contributed by atoms with Crippen LogP contribution in [-0.4, -0.2) is 13.2 Å². The van der Waals surface area contributed by atoms with E-state index >= 15 is 0 Å². The van der Waals surface area contributed by atoms with Gasteiger partial charge in [0.25, 0.3) is 0 Å². The van der Waals surface area contributed by atoms with E-state index in [1.807, 2.05) is 0 Å². The monoisotopic (exact) mass is 587 g/mol. The minimum absolute atomic E-state index is 0. The number of hydrogen-bond acceptors (Lipinski definition) is 3. The van der Waals surface area contributed by atoms with Gasteiger partial charge in [-0.3, -0.25) is 0 Å². The predicted octanol–water partition coefficient (Wildman–Crippen LogP) is 14.3. The minimum atomic E-state index is -1.92. The molecule has 0 aromatic carbocycles. The minimum Gasteiger partial charge on any atom is -0.119 e. The topological polar surface area (TPSA) is 35.5 Å². The zero-order valence-corrected chi connectivity index (χ0v) is 28.6. The molecule has 0 rings (SSSR count). The first-order valence-corrected chi connectivity index (χ1v) is 19.6. The molecule has 0 amide bonds. The van der Waals surface area contributed by atoms with Gasteiger partial charge < -0.3 is 0 Å². The molecule has 40 heavy (non-hydrogen) atoms. The summed E-state index contributed by atoms with van der Waals surface area (Å²) in [6.45, 7) is 5.73. The molecular weight excluding hydrogens is 511 g/mol. The van der Waals surface area contributed by atoms with Crippen molar-refractivity contribution in [2.45, 2.75) is 219 Å². The Hall–Kier alpha value is 0.0200. The van der Waals surface area contributed by atoms with E-state index in [9.17, 15) is 4.57 Å². The Morgan fingerprint density at radius 3 is 0.700 bits per heavy atom. The zero-order chi connectivity index (χ0) is 29.0. The zero-order valence-electron chi connectivity index (χ0n) is 28.7. The van der Waals surface area contributed by atoms with Crippen molar-refractivity contribution in [2.24, 2.45) is 0 Å². The molecule has 0 aliphatic carbocycles. The van der Waals surface area contributed by atoms with Crippen LogP contribution < -0.4 is 0 Å². The van der Waals surface area contributed by atoms with Gasteiger partial charge in [0, 0.05) is 4.57 Å². The average molecular weight is 587 g/mol. The van der Waals surface area contributed by atoms with Crippen molar-refractivity contribution in [2.75, 3.05) is 13.2 Å². The van der Waals surface area contributed by atoms with E-state index in [0.717, 1.165) is 12.8 Å². The van der Waals surface area contributed by atoms with Crippen LogP contribution in [0.3, 0.4) is 0 Å². The van der Waals surface area contributed by atoms with Crippen molar-refractivity contribution >= 4 is 8.25 Å².